The van der Waals surface area contributed by atoms with E-state index in [0.717, 1.165) is 32.4 Å². The Balaban J connectivity index is 2.34. The molecule has 0 radical (unpaired) electrons. The van der Waals surface area contributed by atoms with Crippen molar-refractivity contribution < 1.29 is 13.2 Å². The minimum Gasteiger partial charge on any atom is -0.339 e. The Labute approximate surface area is 121 Å². The van der Waals surface area contributed by atoms with Crippen molar-refractivity contribution in [1.82, 2.24) is 4.90 Å². The maximum Gasteiger partial charge on any atom is 0.253 e. The molecule has 5 nitrogen and oxygen atoms in total. The zero-order chi connectivity index (χ0) is 14.0. The summed E-state index contributed by atoms with van der Waals surface area (Å²) in [5.74, 6) is -0.147. The lowest BCUT2D eigenvalue weighted by atomic mass is 10.1. The number of hydrogen-bond donors (Lipinski definition) is 1. The van der Waals surface area contributed by atoms with Crippen LogP contribution in [0.2, 0.25) is 0 Å². The van der Waals surface area contributed by atoms with Crippen LogP contribution in [0.3, 0.4) is 0 Å². The minimum absolute atomic E-state index is 0.0535. The van der Waals surface area contributed by atoms with E-state index in [1.807, 2.05) is 0 Å². The van der Waals surface area contributed by atoms with Gasteiger partial charge >= 0.3 is 0 Å². The highest BCUT2D eigenvalue weighted by atomic mass is 79.9. The minimum atomic E-state index is -3.81. The third kappa shape index (κ3) is 3.55. The number of rotatable bonds is 2. The second kappa shape index (κ2) is 5.60. The predicted octanol–water partition coefficient (Wildman–Crippen LogP) is 1.72. The van der Waals surface area contributed by atoms with Crippen LogP contribution < -0.4 is 5.14 Å². The maximum absolute atomic E-state index is 12.3. The van der Waals surface area contributed by atoms with Crippen LogP contribution in [-0.2, 0) is 10.0 Å². The quantitative estimate of drug-likeness (QED) is 0.885. The number of amides is 1. The summed E-state index contributed by atoms with van der Waals surface area (Å²) in [7, 11) is -3.81. The van der Waals surface area contributed by atoms with E-state index in [4.69, 9.17) is 5.14 Å². The Morgan fingerprint density at radius 2 is 1.79 bits per heavy atom. The molecule has 1 aliphatic heterocycles. The van der Waals surface area contributed by atoms with Gasteiger partial charge < -0.3 is 4.90 Å². The molecule has 1 fully saturated rings. The van der Waals surface area contributed by atoms with Gasteiger partial charge in [-0.05, 0) is 37.5 Å². The van der Waals surface area contributed by atoms with Gasteiger partial charge in [0, 0.05) is 23.1 Å². The molecule has 2 rings (SSSR count). The number of sulfonamides is 1. The highest BCUT2D eigenvalue weighted by molar-refractivity contribution is 9.10. The average molecular weight is 347 g/mol. The maximum atomic E-state index is 12.3. The first-order valence-electron chi connectivity index (χ1n) is 6.00. The number of halogens is 1. The zero-order valence-electron chi connectivity index (χ0n) is 10.3. The van der Waals surface area contributed by atoms with Crippen molar-refractivity contribution in [1.29, 1.82) is 0 Å². The van der Waals surface area contributed by atoms with Gasteiger partial charge in [-0.2, -0.15) is 0 Å². The summed E-state index contributed by atoms with van der Waals surface area (Å²) in [4.78, 5) is 14.0. The lowest BCUT2D eigenvalue weighted by Gasteiger charge is -2.26. The van der Waals surface area contributed by atoms with Crippen LogP contribution in [0.4, 0.5) is 0 Å². The van der Waals surface area contributed by atoms with Crippen molar-refractivity contribution in [3.05, 3.63) is 28.2 Å². The van der Waals surface area contributed by atoms with Gasteiger partial charge in [0.05, 0.1) is 4.90 Å². The highest BCUT2D eigenvalue weighted by Crippen LogP contribution is 2.21. The molecule has 2 N–H and O–H groups in total. The molecule has 0 bridgehead atoms. The van der Waals surface area contributed by atoms with Crippen molar-refractivity contribution in [3.8, 4) is 0 Å². The Morgan fingerprint density at radius 3 is 2.37 bits per heavy atom. The van der Waals surface area contributed by atoms with Crippen LogP contribution >= 0.6 is 15.9 Å². The lowest BCUT2D eigenvalue weighted by molar-refractivity contribution is 0.0724. The fraction of sp³-hybridized carbons (Fsp3) is 0.417. The van der Waals surface area contributed by atoms with E-state index in [9.17, 15) is 13.2 Å². The zero-order valence-corrected chi connectivity index (χ0v) is 12.7. The van der Waals surface area contributed by atoms with Crippen molar-refractivity contribution in [2.45, 2.75) is 24.2 Å². The molecule has 1 aliphatic rings. The monoisotopic (exact) mass is 346 g/mol. The van der Waals surface area contributed by atoms with Gasteiger partial charge in [-0.1, -0.05) is 15.9 Å². The summed E-state index contributed by atoms with van der Waals surface area (Å²) in [6.45, 7) is 1.44. The first-order chi connectivity index (χ1) is 8.88. The van der Waals surface area contributed by atoms with Gasteiger partial charge in [0.1, 0.15) is 0 Å². The van der Waals surface area contributed by atoms with Gasteiger partial charge in [0.15, 0.2) is 0 Å². The smallest absolute Gasteiger partial charge is 0.253 e. The topological polar surface area (TPSA) is 80.5 Å². The third-order valence-electron chi connectivity index (χ3n) is 3.09. The third-order valence-corrected chi connectivity index (χ3v) is 4.44. The largest absolute Gasteiger partial charge is 0.339 e. The van der Waals surface area contributed by atoms with Gasteiger partial charge in [-0.25, -0.2) is 13.6 Å². The first kappa shape index (κ1) is 14.5. The summed E-state index contributed by atoms with van der Waals surface area (Å²) in [5, 5.41) is 5.10. The van der Waals surface area contributed by atoms with E-state index in [-0.39, 0.29) is 10.8 Å². The Morgan fingerprint density at radius 1 is 1.16 bits per heavy atom. The Bertz CT molecular complexity index is 595. The molecule has 7 heteroatoms. The van der Waals surface area contributed by atoms with Crippen LogP contribution in [0.25, 0.3) is 0 Å². The molecule has 1 aromatic rings. The fourth-order valence-corrected chi connectivity index (χ4v) is 3.36. The van der Waals surface area contributed by atoms with Crippen LogP contribution in [-0.4, -0.2) is 32.3 Å². The number of nitrogens with two attached hydrogens (primary N) is 1. The molecule has 0 aliphatic carbocycles. The van der Waals surface area contributed by atoms with Crippen LogP contribution in [0.15, 0.2) is 27.6 Å². The summed E-state index contributed by atoms with van der Waals surface area (Å²) in [5.41, 5.74) is 0.348. The van der Waals surface area contributed by atoms with Crippen LogP contribution in [0.1, 0.15) is 29.6 Å². The van der Waals surface area contributed by atoms with Crippen molar-refractivity contribution in [2.24, 2.45) is 5.14 Å². The van der Waals surface area contributed by atoms with Gasteiger partial charge in [0.2, 0.25) is 10.0 Å². The summed E-state index contributed by atoms with van der Waals surface area (Å²) in [6, 6.07) is 4.34. The number of hydrogen-bond acceptors (Lipinski definition) is 3. The molecule has 1 aromatic carbocycles. The van der Waals surface area contributed by atoms with Crippen molar-refractivity contribution >= 4 is 31.9 Å². The summed E-state index contributed by atoms with van der Waals surface area (Å²) in [6.07, 6.45) is 3.11. The van der Waals surface area contributed by atoms with Crippen LogP contribution in [0, 0.1) is 0 Å². The second-order valence-electron chi connectivity index (χ2n) is 4.57. The number of piperidine rings is 1. The lowest BCUT2D eigenvalue weighted by Crippen LogP contribution is -2.35. The van der Waals surface area contributed by atoms with E-state index in [1.54, 1.807) is 11.0 Å². The average Bonchev–Trinajstić information content (AvgIpc) is 2.37. The normalized spacial score (nSPS) is 16.4. The molecule has 0 aromatic heterocycles. The van der Waals surface area contributed by atoms with Gasteiger partial charge in [-0.3, -0.25) is 4.79 Å². The number of primary sulfonamides is 1. The molecule has 1 amide bonds. The van der Waals surface area contributed by atoms with Crippen molar-refractivity contribution in [3.63, 3.8) is 0 Å². The predicted molar refractivity (Wildman–Crippen MR) is 75.3 cm³/mol. The highest BCUT2D eigenvalue weighted by Gasteiger charge is 2.20. The number of benzene rings is 1. The van der Waals surface area contributed by atoms with E-state index in [0.29, 0.717) is 10.0 Å². The molecule has 0 unspecified atom stereocenters. The number of likely N-dealkylation sites (tertiary alicyclic amines) is 1. The molecule has 104 valence electrons. The molecule has 0 atom stereocenters. The molecule has 1 saturated heterocycles. The standard InChI is InChI=1S/C12H15BrN2O3S/c13-10-6-9(7-11(8-10)19(14,17)18)12(16)15-4-2-1-3-5-15/h6-8H,1-5H2,(H2,14,17,18). The fourth-order valence-electron chi connectivity index (χ4n) is 2.13. The molecular formula is C12H15BrN2O3S. The molecule has 0 saturated carbocycles. The summed E-state index contributed by atoms with van der Waals surface area (Å²) < 4.78 is 23.3. The second-order valence-corrected chi connectivity index (χ2v) is 7.05. The summed E-state index contributed by atoms with van der Waals surface area (Å²) >= 11 is 3.21. The van der Waals surface area contributed by atoms with Gasteiger partial charge in [0.25, 0.3) is 5.91 Å². The first-order valence-corrected chi connectivity index (χ1v) is 8.34. The molecule has 0 spiro atoms. The van der Waals surface area contributed by atoms with E-state index in [1.165, 1.54) is 12.1 Å². The number of nitrogens with zero attached hydrogens (tertiary/aromatic N) is 1. The Kier molecular flexibility index (Phi) is 4.27. The Hall–Kier alpha value is -0.920. The number of carbonyl (C=O) groups excluding carboxylic acids is 1. The van der Waals surface area contributed by atoms with Crippen LogP contribution in [0.5, 0.6) is 0 Å². The SMILES string of the molecule is NS(=O)(=O)c1cc(Br)cc(C(=O)N2CCCCC2)c1. The van der Waals surface area contributed by atoms with E-state index < -0.39 is 10.0 Å². The number of carbonyl (C=O) groups is 1. The van der Waals surface area contributed by atoms with E-state index in [2.05, 4.69) is 15.9 Å². The van der Waals surface area contributed by atoms with E-state index >= 15 is 0 Å². The molecular weight excluding hydrogens is 332 g/mol. The molecule has 19 heavy (non-hydrogen) atoms. The van der Waals surface area contributed by atoms with Gasteiger partial charge in [-0.15, -0.1) is 0 Å². The van der Waals surface area contributed by atoms with Crippen molar-refractivity contribution in [2.75, 3.05) is 13.1 Å². The molecule has 1 heterocycles.